The molecule has 0 saturated carbocycles. The van der Waals surface area contributed by atoms with Crippen LogP contribution in [0.1, 0.15) is 19.8 Å². The third-order valence-corrected chi connectivity index (χ3v) is 1.84. The molecule has 3 heteroatoms. The van der Waals surface area contributed by atoms with Crippen molar-refractivity contribution in [2.75, 3.05) is 39.3 Å². The highest BCUT2D eigenvalue weighted by molar-refractivity contribution is 4.53. The summed E-state index contributed by atoms with van der Waals surface area (Å²) in [6.07, 6.45) is 2.41. The molecule has 0 heterocycles. The maximum atomic E-state index is 3.71. The van der Waals surface area contributed by atoms with Gasteiger partial charge in [0.1, 0.15) is 6.54 Å². The highest BCUT2D eigenvalue weighted by atomic mass is 14.9. The minimum absolute atomic E-state index is 0.834. The van der Waals surface area contributed by atoms with Crippen molar-refractivity contribution in [3.8, 4) is 0 Å². The monoisotopic (exact) mass is 186 g/mol. The largest absolute Gasteiger partial charge is 0.317 e. The molecule has 0 spiro atoms. The number of hydrogen-bond donors (Lipinski definition) is 3. The highest BCUT2D eigenvalue weighted by Crippen LogP contribution is 1.76. The quantitative estimate of drug-likeness (QED) is 0.341. The van der Waals surface area contributed by atoms with Crippen LogP contribution in [-0.2, 0) is 0 Å². The van der Waals surface area contributed by atoms with E-state index in [1.807, 2.05) is 0 Å². The molecule has 0 aromatic heterocycles. The first-order valence-electron chi connectivity index (χ1n) is 5.33. The van der Waals surface area contributed by atoms with E-state index in [2.05, 4.69) is 29.8 Å². The lowest BCUT2D eigenvalue weighted by atomic mass is 10.3. The Bertz CT molecular complexity index is 76.2. The van der Waals surface area contributed by atoms with E-state index in [0.717, 1.165) is 39.3 Å². The molecule has 0 saturated heterocycles. The molecule has 0 aliphatic heterocycles. The molecule has 0 aromatic carbocycles. The van der Waals surface area contributed by atoms with Crippen LogP contribution < -0.4 is 16.0 Å². The van der Waals surface area contributed by atoms with Gasteiger partial charge in [-0.1, -0.05) is 6.92 Å². The molecule has 78 valence electrons. The fourth-order valence-corrected chi connectivity index (χ4v) is 1.10. The minimum atomic E-state index is 0.834. The predicted octanol–water partition coefficient (Wildman–Crippen LogP) is 0.389. The Hall–Kier alpha value is -0.250. The summed E-state index contributed by atoms with van der Waals surface area (Å²) in [5, 5.41) is 9.90. The average molecular weight is 186 g/mol. The predicted molar refractivity (Wildman–Crippen MR) is 58.9 cm³/mol. The molecule has 0 aliphatic carbocycles. The summed E-state index contributed by atoms with van der Waals surface area (Å²) in [6, 6.07) is 0. The normalized spacial score (nSPS) is 10.5. The highest BCUT2D eigenvalue weighted by Gasteiger charge is 1.88. The molecular formula is C10H24N3+. The van der Waals surface area contributed by atoms with E-state index in [0.29, 0.717) is 0 Å². The summed E-state index contributed by atoms with van der Waals surface area (Å²) in [4.78, 5) is 0. The van der Waals surface area contributed by atoms with Gasteiger partial charge in [0.25, 0.3) is 0 Å². The smallest absolute Gasteiger partial charge is 0.136 e. The number of nitrogens with one attached hydrogen (secondary N) is 3. The van der Waals surface area contributed by atoms with Gasteiger partial charge in [0.15, 0.2) is 0 Å². The van der Waals surface area contributed by atoms with Crippen LogP contribution in [0.5, 0.6) is 0 Å². The summed E-state index contributed by atoms with van der Waals surface area (Å²) in [5.74, 6) is 0. The lowest BCUT2D eigenvalue weighted by Gasteiger charge is -2.04. The van der Waals surface area contributed by atoms with Crippen molar-refractivity contribution in [2.24, 2.45) is 0 Å². The van der Waals surface area contributed by atoms with Crippen molar-refractivity contribution < 1.29 is 0 Å². The number of hydrogen-bond acceptors (Lipinski definition) is 3. The van der Waals surface area contributed by atoms with Crippen molar-refractivity contribution in [1.82, 2.24) is 16.0 Å². The fourth-order valence-electron chi connectivity index (χ4n) is 1.10. The maximum absolute atomic E-state index is 3.71. The first kappa shape index (κ1) is 12.8. The average Bonchev–Trinajstić information content (AvgIpc) is 2.16. The zero-order chi connectivity index (χ0) is 9.78. The Kier molecular flexibility index (Phi) is 11.5. The van der Waals surface area contributed by atoms with Crippen LogP contribution >= 0.6 is 0 Å². The van der Waals surface area contributed by atoms with Gasteiger partial charge in [-0.25, -0.2) is 0 Å². The van der Waals surface area contributed by atoms with Gasteiger partial charge >= 0.3 is 0 Å². The van der Waals surface area contributed by atoms with E-state index in [9.17, 15) is 0 Å². The van der Waals surface area contributed by atoms with Gasteiger partial charge in [-0.15, -0.1) is 0 Å². The molecule has 0 aromatic rings. The third-order valence-electron chi connectivity index (χ3n) is 1.84. The van der Waals surface area contributed by atoms with E-state index in [1.165, 1.54) is 12.8 Å². The van der Waals surface area contributed by atoms with Gasteiger partial charge in [0.05, 0.1) is 6.92 Å². The molecule has 13 heavy (non-hydrogen) atoms. The Labute approximate surface area is 82.7 Å². The zero-order valence-electron chi connectivity index (χ0n) is 8.86. The van der Waals surface area contributed by atoms with Crippen molar-refractivity contribution in [1.29, 1.82) is 0 Å². The van der Waals surface area contributed by atoms with Crippen molar-refractivity contribution >= 4 is 0 Å². The van der Waals surface area contributed by atoms with E-state index >= 15 is 0 Å². The Morgan fingerprint density at radius 3 is 1.92 bits per heavy atom. The number of rotatable bonds is 10. The molecular weight excluding hydrogens is 162 g/mol. The van der Waals surface area contributed by atoms with Crippen molar-refractivity contribution in [3.63, 3.8) is 0 Å². The summed E-state index contributed by atoms with van der Waals surface area (Å²) >= 11 is 0. The van der Waals surface area contributed by atoms with Crippen LogP contribution in [0.15, 0.2) is 0 Å². The summed E-state index contributed by atoms with van der Waals surface area (Å²) in [7, 11) is 0. The van der Waals surface area contributed by atoms with Crippen molar-refractivity contribution in [2.45, 2.75) is 19.8 Å². The second-order valence-electron chi connectivity index (χ2n) is 3.06. The summed E-state index contributed by atoms with van der Waals surface area (Å²) in [5.41, 5.74) is 0. The van der Waals surface area contributed by atoms with E-state index in [-0.39, 0.29) is 0 Å². The van der Waals surface area contributed by atoms with E-state index in [1.54, 1.807) is 0 Å². The van der Waals surface area contributed by atoms with Crippen LogP contribution in [0.3, 0.4) is 0 Å². The third kappa shape index (κ3) is 11.8. The molecule has 3 nitrogen and oxygen atoms in total. The van der Waals surface area contributed by atoms with Crippen molar-refractivity contribution in [3.05, 3.63) is 6.92 Å². The first-order chi connectivity index (χ1) is 6.41. The fraction of sp³-hybridized carbons (Fsp3) is 0.900. The first-order valence-corrected chi connectivity index (χ1v) is 5.33. The Balaban J connectivity index is 2.76. The van der Waals surface area contributed by atoms with Gasteiger partial charge in [-0.3, -0.25) is 5.32 Å². The van der Waals surface area contributed by atoms with Crippen LogP contribution in [0.25, 0.3) is 0 Å². The van der Waals surface area contributed by atoms with Gasteiger partial charge in [-0.05, 0) is 39.0 Å². The molecule has 0 unspecified atom stereocenters. The molecule has 0 bridgehead atoms. The van der Waals surface area contributed by atoms with E-state index in [4.69, 9.17) is 0 Å². The van der Waals surface area contributed by atoms with Crippen LogP contribution in [0.2, 0.25) is 0 Å². The molecule has 0 radical (unpaired) electrons. The zero-order valence-corrected chi connectivity index (χ0v) is 8.86. The SMILES string of the molecule is [CH2+]CNCCCNCCCNCC. The summed E-state index contributed by atoms with van der Waals surface area (Å²) < 4.78 is 0. The molecule has 3 N–H and O–H groups in total. The molecule has 0 fully saturated rings. The molecule has 0 aliphatic rings. The second-order valence-corrected chi connectivity index (χ2v) is 3.06. The molecule has 0 rings (SSSR count). The van der Waals surface area contributed by atoms with Gasteiger partial charge < -0.3 is 10.6 Å². The Morgan fingerprint density at radius 2 is 1.38 bits per heavy atom. The topological polar surface area (TPSA) is 36.1 Å². The molecule has 0 atom stereocenters. The van der Waals surface area contributed by atoms with Crippen LogP contribution in [-0.4, -0.2) is 39.3 Å². The maximum Gasteiger partial charge on any atom is 0.136 e. The van der Waals surface area contributed by atoms with Gasteiger partial charge in [0.2, 0.25) is 0 Å². The van der Waals surface area contributed by atoms with Crippen LogP contribution in [0, 0.1) is 6.92 Å². The molecule has 0 amide bonds. The lowest BCUT2D eigenvalue weighted by Crippen LogP contribution is -2.25. The lowest BCUT2D eigenvalue weighted by molar-refractivity contribution is 0.579. The summed E-state index contributed by atoms with van der Waals surface area (Å²) in [6.45, 7) is 12.2. The van der Waals surface area contributed by atoms with Crippen LogP contribution in [0.4, 0.5) is 0 Å². The van der Waals surface area contributed by atoms with Gasteiger partial charge in [0, 0.05) is 6.54 Å². The van der Waals surface area contributed by atoms with Gasteiger partial charge in [-0.2, -0.15) is 0 Å². The standard InChI is InChI=1S/C10H24N3/c1-3-11-7-5-9-13-10-6-8-12-4-2/h11-13H,1,3-10H2,2H3/q+1. The Morgan fingerprint density at radius 1 is 0.846 bits per heavy atom. The van der Waals surface area contributed by atoms with E-state index < -0.39 is 0 Å². The minimum Gasteiger partial charge on any atom is -0.317 e. The second kappa shape index (κ2) is 11.8.